The van der Waals surface area contributed by atoms with E-state index in [1.807, 2.05) is 0 Å². The first-order chi connectivity index (χ1) is 8.49. The van der Waals surface area contributed by atoms with Crippen molar-refractivity contribution >= 4 is 0 Å². The van der Waals surface area contributed by atoms with Crippen LogP contribution >= 0.6 is 0 Å². The summed E-state index contributed by atoms with van der Waals surface area (Å²) in [6.07, 6.45) is 12.0. The van der Waals surface area contributed by atoms with E-state index in [0.717, 1.165) is 23.7 Å². The van der Waals surface area contributed by atoms with Crippen LogP contribution in [0.3, 0.4) is 0 Å². The van der Waals surface area contributed by atoms with Crippen LogP contribution in [0.1, 0.15) is 59.8 Å². The SMILES string of the molecule is CC1=CC2=CCC3C(C(C)CCC3(C)C)C2CC1. The summed E-state index contributed by atoms with van der Waals surface area (Å²) in [6, 6.07) is 0. The van der Waals surface area contributed by atoms with Gasteiger partial charge in [0, 0.05) is 0 Å². The molecule has 0 heterocycles. The molecule has 0 aromatic carbocycles. The van der Waals surface area contributed by atoms with Crippen LogP contribution in [0.2, 0.25) is 0 Å². The maximum Gasteiger partial charge on any atom is -0.0128 e. The lowest BCUT2D eigenvalue weighted by molar-refractivity contribution is 0.00155. The molecule has 0 radical (unpaired) electrons. The molecule has 1 saturated carbocycles. The molecule has 0 aromatic heterocycles. The fraction of sp³-hybridized carbons (Fsp3) is 0.778. The van der Waals surface area contributed by atoms with Crippen molar-refractivity contribution in [3.8, 4) is 0 Å². The predicted octanol–water partition coefficient (Wildman–Crippen LogP) is 5.36. The third kappa shape index (κ3) is 1.89. The van der Waals surface area contributed by atoms with Crippen LogP contribution in [-0.2, 0) is 0 Å². The summed E-state index contributed by atoms with van der Waals surface area (Å²) in [7, 11) is 0. The molecule has 1 fully saturated rings. The van der Waals surface area contributed by atoms with E-state index in [-0.39, 0.29) is 0 Å². The molecule has 4 atom stereocenters. The van der Waals surface area contributed by atoms with Crippen LogP contribution in [0, 0.1) is 29.1 Å². The molecule has 0 bridgehead atoms. The molecule has 3 aliphatic carbocycles. The van der Waals surface area contributed by atoms with Gasteiger partial charge in [-0.1, -0.05) is 38.5 Å². The van der Waals surface area contributed by atoms with E-state index in [1.54, 1.807) is 11.1 Å². The van der Waals surface area contributed by atoms with Gasteiger partial charge in [0.25, 0.3) is 0 Å². The zero-order valence-electron chi connectivity index (χ0n) is 12.5. The molecule has 18 heavy (non-hydrogen) atoms. The van der Waals surface area contributed by atoms with Crippen molar-refractivity contribution in [3.05, 3.63) is 23.3 Å². The Hall–Kier alpha value is -0.520. The first-order valence-electron chi connectivity index (χ1n) is 7.86. The summed E-state index contributed by atoms with van der Waals surface area (Å²) in [5.74, 6) is 3.70. The van der Waals surface area contributed by atoms with Crippen LogP contribution in [0.4, 0.5) is 0 Å². The van der Waals surface area contributed by atoms with Gasteiger partial charge in [-0.2, -0.15) is 0 Å². The zero-order valence-corrected chi connectivity index (χ0v) is 12.5. The molecule has 0 aromatic rings. The summed E-state index contributed by atoms with van der Waals surface area (Å²) >= 11 is 0. The van der Waals surface area contributed by atoms with Gasteiger partial charge in [-0.05, 0) is 73.7 Å². The largest absolute Gasteiger partial charge is 0.0807 e. The van der Waals surface area contributed by atoms with E-state index >= 15 is 0 Å². The average Bonchev–Trinajstić information content (AvgIpc) is 2.33. The molecule has 3 rings (SSSR count). The normalized spacial score (nSPS) is 42.4. The Kier molecular flexibility index (Phi) is 2.95. The molecule has 0 amide bonds. The van der Waals surface area contributed by atoms with Crippen molar-refractivity contribution in [1.82, 2.24) is 0 Å². The maximum absolute atomic E-state index is 2.58. The Morgan fingerprint density at radius 1 is 1.22 bits per heavy atom. The zero-order chi connectivity index (χ0) is 12.9. The summed E-state index contributed by atoms with van der Waals surface area (Å²) in [4.78, 5) is 0. The van der Waals surface area contributed by atoms with Crippen molar-refractivity contribution < 1.29 is 0 Å². The van der Waals surface area contributed by atoms with Gasteiger partial charge in [-0.15, -0.1) is 0 Å². The Bertz CT molecular complexity index is 396. The molecule has 0 spiro atoms. The van der Waals surface area contributed by atoms with Crippen molar-refractivity contribution in [2.24, 2.45) is 29.1 Å². The van der Waals surface area contributed by atoms with Gasteiger partial charge in [-0.3, -0.25) is 0 Å². The molecule has 0 N–H and O–H groups in total. The lowest BCUT2D eigenvalue weighted by Gasteiger charge is -2.53. The van der Waals surface area contributed by atoms with Gasteiger partial charge in [0.15, 0.2) is 0 Å². The molecule has 0 aliphatic heterocycles. The molecule has 4 unspecified atom stereocenters. The molecule has 0 nitrogen and oxygen atoms in total. The summed E-state index contributed by atoms with van der Waals surface area (Å²) < 4.78 is 0. The molecule has 0 heteroatoms. The third-order valence-corrected chi connectivity index (χ3v) is 6.13. The summed E-state index contributed by atoms with van der Waals surface area (Å²) in [5.41, 5.74) is 3.85. The smallest absolute Gasteiger partial charge is 0.0128 e. The fourth-order valence-electron chi connectivity index (χ4n) is 4.95. The van der Waals surface area contributed by atoms with E-state index in [1.165, 1.54) is 32.1 Å². The molecule has 3 aliphatic rings. The molecular formula is C18H28. The number of rotatable bonds is 0. The minimum absolute atomic E-state index is 0.565. The van der Waals surface area contributed by atoms with Crippen molar-refractivity contribution in [3.63, 3.8) is 0 Å². The van der Waals surface area contributed by atoms with Gasteiger partial charge in [0.05, 0.1) is 0 Å². The highest BCUT2D eigenvalue weighted by molar-refractivity contribution is 5.32. The van der Waals surface area contributed by atoms with Crippen LogP contribution in [-0.4, -0.2) is 0 Å². The third-order valence-electron chi connectivity index (χ3n) is 6.13. The Balaban J connectivity index is 1.96. The second kappa shape index (κ2) is 4.25. The van der Waals surface area contributed by atoms with Crippen LogP contribution in [0.5, 0.6) is 0 Å². The monoisotopic (exact) mass is 244 g/mol. The second-order valence-electron chi connectivity index (χ2n) is 7.76. The first-order valence-corrected chi connectivity index (χ1v) is 7.86. The number of hydrogen-bond acceptors (Lipinski definition) is 0. The van der Waals surface area contributed by atoms with Crippen molar-refractivity contribution in [2.75, 3.05) is 0 Å². The lowest BCUT2D eigenvalue weighted by atomic mass is 9.52. The quantitative estimate of drug-likeness (QED) is 0.538. The van der Waals surface area contributed by atoms with Crippen LogP contribution in [0.15, 0.2) is 23.3 Å². The second-order valence-corrected chi connectivity index (χ2v) is 7.76. The highest BCUT2D eigenvalue weighted by Gasteiger charge is 2.47. The molecular weight excluding hydrogens is 216 g/mol. The van der Waals surface area contributed by atoms with Gasteiger partial charge in [0.1, 0.15) is 0 Å². The lowest BCUT2D eigenvalue weighted by Crippen LogP contribution is -2.45. The van der Waals surface area contributed by atoms with E-state index in [4.69, 9.17) is 0 Å². The van der Waals surface area contributed by atoms with E-state index in [2.05, 4.69) is 39.8 Å². The topological polar surface area (TPSA) is 0 Å². The number of hydrogen-bond donors (Lipinski definition) is 0. The summed E-state index contributed by atoms with van der Waals surface area (Å²) in [5, 5.41) is 0. The van der Waals surface area contributed by atoms with Crippen molar-refractivity contribution in [2.45, 2.75) is 59.8 Å². The number of allylic oxidation sites excluding steroid dienone is 4. The van der Waals surface area contributed by atoms with E-state index < -0.39 is 0 Å². The van der Waals surface area contributed by atoms with Gasteiger partial charge < -0.3 is 0 Å². The van der Waals surface area contributed by atoms with Gasteiger partial charge >= 0.3 is 0 Å². The van der Waals surface area contributed by atoms with Gasteiger partial charge in [-0.25, -0.2) is 0 Å². The minimum atomic E-state index is 0.565. The molecule has 100 valence electrons. The fourth-order valence-corrected chi connectivity index (χ4v) is 4.95. The van der Waals surface area contributed by atoms with Crippen LogP contribution in [0.25, 0.3) is 0 Å². The standard InChI is InChI=1S/C18H28/c1-12-5-7-15-14(11-12)6-8-16-17(15)13(2)9-10-18(16,3)4/h6,11,13,15-17H,5,7-10H2,1-4H3. The number of fused-ring (bicyclic) bond motifs is 3. The van der Waals surface area contributed by atoms with E-state index in [9.17, 15) is 0 Å². The molecule has 0 saturated heterocycles. The highest BCUT2D eigenvalue weighted by atomic mass is 14.5. The van der Waals surface area contributed by atoms with Crippen molar-refractivity contribution in [1.29, 1.82) is 0 Å². The Morgan fingerprint density at radius 2 is 2.00 bits per heavy atom. The predicted molar refractivity (Wildman–Crippen MR) is 78.3 cm³/mol. The minimum Gasteiger partial charge on any atom is -0.0807 e. The maximum atomic E-state index is 2.58. The Morgan fingerprint density at radius 3 is 2.78 bits per heavy atom. The average molecular weight is 244 g/mol. The van der Waals surface area contributed by atoms with E-state index in [0.29, 0.717) is 5.41 Å². The Labute approximate surface area is 113 Å². The first kappa shape index (κ1) is 12.5. The summed E-state index contributed by atoms with van der Waals surface area (Å²) in [6.45, 7) is 9.84. The highest BCUT2D eigenvalue weighted by Crippen LogP contribution is 2.56. The van der Waals surface area contributed by atoms with Gasteiger partial charge in [0.2, 0.25) is 0 Å². The van der Waals surface area contributed by atoms with Crippen LogP contribution < -0.4 is 0 Å².